The first-order valence-electron chi connectivity index (χ1n) is 12.8. The summed E-state index contributed by atoms with van der Waals surface area (Å²) in [4.78, 5) is 18.0. The Morgan fingerprint density at radius 1 is 0.919 bits per heavy atom. The molecule has 5 rings (SSSR count). The van der Waals surface area contributed by atoms with E-state index in [-0.39, 0.29) is 17.9 Å². The number of hydrogen-bond donors (Lipinski definition) is 0. The molecular weight excluding hydrogens is 480 g/mol. The molecule has 1 aliphatic carbocycles. The highest BCUT2D eigenvalue weighted by molar-refractivity contribution is 6.33. The summed E-state index contributed by atoms with van der Waals surface area (Å²) in [5.41, 5.74) is 7.23. The lowest BCUT2D eigenvalue weighted by atomic mass is 9.77. The Morgan fingerprint density at radius 3 is 2.16 bits per heavy atom. The summed E-state index contributed by atoms with van der Waals surface area (Å²) >= 11 is 6.45. The van der Waals surface area contributed by atoms with E-state index in [1.54, 1.807) is 17.1 Å². The molecule has 1 heterocycles. The summed E-state index contributed by atoms with van der Waals surface area (Å²) in [5.74, 6) is -0.0263. The molecule has 1 amide bonds. The van der Waals surface area contributed by atoms with Crippen LogP contribution in [0.25, 0.3) is 6.08 Å². The third-order valence-corrected chi connectivity index (χ3v) is 7.64. The fraction of sp³-hybridized carbons (Fsp3) is 0.290. The van der Waals surface area contributed by atoms with Crippen LogP contribution in [0, 0.1) is 5.92 Å². The third kappa shape index (κ3) is 5.01. The second-order valence-electron chi connectivity index (χ2n) is 10.2. The lowest BCUT2D eigenvalue weighted by molar-refractivity contribution is 0.0681. The van der Waals surface area contributed by atoms with Gasteiger partial charge in [0, 0.05) is 45.5 Å². The SMILES string of the molecule is CN(C)c1ccc(/C=C2\CCC[C@@H]3C2=NN(C(=O)c2ccccc2Cl)[C@@H]3c2ccc(N(C)C)cc2)cc1. The molecule has 0 N–H and O–H groups in total. The van der Waals surface area contributed by atoms with Crippen molar-refractivity contribution in [1.82, 2.24) is 5.01 Å². The number of hydrazone groups is 1. The Morgan fingerprint density at radius 2 is 1.54 bits per heavy atom. The van der Waals surface area contributed by atoms with E-state index in [1.165, 1.54) is 11.3 Å². The van der Waals surface area contributed by atoms with Crippen molar-refractivity contribution in [3.8, 4) is 0 Å². The highest BCUT2D eigenvalue weighted by Crippen LogP contribution is 2.45. The zero-order valence-electron chi connectivity index (χ0n) is 21.9. The standard InChI is InChI=1S/C31H33ClN4O/c1-34(2)24-16-12-21(13-17-24)20-23-8-7-10-27-29(23)33-36(31(37)26-9-5-6-11-28(26)32)30(27)22-14-18-25(19-15-22)35(3)4/h5-6,9,11-20,27,30H,7-8,10H2,1-4H3/b23-20+/t27-,30-/m1/s1. The second kappa shape index (κ2) is 10.4. The van der Waals surface area contributed by atoms with Crippen LogP contribution in [-0.4, -0.2) is 44.8 Å². The molecule has 5 nitrogen and oxygen atoms in total. The van der Waals surface area contributed by atoms with E-state index in [4.69, 9.17) is 16.7 Å². The minimum absolute atomic E-state index is 0.137. The topological polar surface area (TPSA) is 39.1 Å². The van der Waals surface area contributed by atoms with Crippen molar-refractivity contribution >= 4 is 40.7 Å². The van der Waals surface area contributed by atoms with Gasteiger partial charge in [-0.1, -0.05) is 48.0 Å². The number of hydrogen-bond acceptors (Lipinski definition) is 4. The molecule has 1 fully saturated rings. The first-order chi connectivity index (χ1) is 17.8. The van der Waals surface area contributed by atoms with Crippen LogP contribution in [0.3, 0.4) is 0 Å². The van der Waals surface area contributed by atoms with Gasteiger partial charge >= 0.3 is 0 Å². The average Bonchev–Trinajstić information content (AvgIpc) is 3.29. The summed E-state index contributed by atoms with van der Waals surface area (Å²) < 4.78 is 0. The molecule has 0 bridgehead atoms. The number of allylic oxidation sites excluding steroid dienone is 1. The van der Waals surface area contributed by atoms with E-state index in [0.717, 1.165) is 41.8 Å². The van der Waals surface area contributed by atoms with Gasteiger partial charge in [0.2, 0.25) is 0 Å². The third-order valence-electron chi connectivity index (χ3n) is 7.32. The van der Waals surface area contributed by atoms with Gasteiger partial charge in [-0.05, 0) is 78.4 Å². The summed E-state index contributed by atoms with van der Waals surface area (Å²) in [5, 5.41) is 7.15. The van der Waals surface area contributed by atoms with Gasteiger partial charge in [0.05, 0.1) is 22.3 Å². The highest BCUT2D eigenvalue weighted by atomic mass is 35.5. The fourth-order valence-electron chi connectivity index (χ4n) is 5.30. The number of rotatable bonds is 5. The van der Waals surface area contributed by atoms with Crippen LogP contribution in [0.2, 0.25) is 5.02 Å². The van der Waals surface area contributed by atoms with Crippen molar-refractivity contribution in [2.45, 2.75) is 25.3 Å². The Kier molecular flexibility index (Phi) is 7.07. The van der Waals surface area contributed by atoms with Gasteiger partial charge in [-0.2, -0.15) is 5.10 Å². The molecule has 0 spiro atoms. The Bertz CT molecular complexity index is 1340. The first kappa shape index (κ1) is 25.1. The van der Waals surface area contributed by atoms with E-state index >= 15 is 0 Å². The number of halogens is 1. The van der Waals surface area contributed by atoms with Crippen LogP contribution in [0.4, 0.5) is 11.4 Å². The lowest BCUT2D eigenvalue weighted by Gasteiger charge is -2.30. The number of amides is 1. The molecule has 0 aromatic heterocycles. The Hall–Kier alpha value is -3.57. The molecule has 3 aromatic carbocycles. The largest absolute Gasteiger partial charge is 0.378 e. The van der Waals surface area contributed by atoms with Gasteiger partial charge < -0.3 is 9.80 Å². The molecule has 6 heteroatoms. The van der Waals surface area contributed by atoms with Crippen LogP contribution in [0.5, 0.6) is 0 Å². The number of carbonyl (C=O) groups excluding carboxylic acids is 1. The summed E-state index contributed by atoms with van der Waals surface area (Å²) in [7, 11) is 8.15. The number of carbonyl (C=O) groups is 1. The summed E-state index contributed by atoms with van der Waals surface area (Å²) in [6, 6.07) is 24.1. The van der Waals surface area contributed by atoms with Crippen molar-refractivity contribution in [2.24, 2.45) is 11.0 Å². The molecule has 2 atom stereocenters. The molecule has 0 unspecified atom stereocenters. The summed E-state index contributed by atoms with van der Waals surface area (Å²) in [6.45, 7) is 0. The van der Waals surface area contributed by atoms with Crippen LogP contribution in [0.15, 0.2) is 83.5 Å². The van der Waals surface area contributed by atoms with Crippen molar-refractivity contribution in [1.29, 1.82) is 0 Å². The normalized spacial score (nSPS) is 20.0. The smallest absolute Gasteiger partial charge is 0.276 e. The van der Waals surface area contributed by atoms with E-state index in [0.29, 0.717) is 10.6 Å². The molecule has 3 aromatic rings. The maximum Gasteiger partial charge on any atom is 0.276 e. The van der Waals surface area contributed by atoms with Crippen LogP contribution >= 0.6 is 11.6 Å². The van der Waals surface area contributed by atoms with Crippen LogP contribution in [0.1, 0.15) is 46.8 Å². The average molecular weight is 513 g/mol. The predicted molar refractivity (Wildman–Crippen MR) is 155 cm³/mol. The predicted octanol–water partition coefficient (Wildman–Crippen LogP) is 6.91. The number of benzene rings is 3. The monoisotopic (exact) mass is 512 g/mol. The van der Waals surface area contributed by atoms with Gasteiger partial charge in [-0.25, -0.2) is 5.01 Å². The molecule has 0 saturated heterocycles. The van der Waals surface area contributed by atoms with E-state index in [2.05, 4.69) is 64.4 Å². The van der Waals surface area contributed by atoms with Crippen molar-refractivity contribution in [2.75, 3.05) is 38.0 Å². The van der Waals surface area contributed by atoms with Gasteiger partial charge in [0.1, 0.15) is 0 Å². The summed E-state index contributed by atoms with van der Waals surface area (Å²) in [6.07, 6.45) is 5.24. The maximum absolute atomic E-state index is 13.8. The van der Waals surface area contributed by atoms with Gasteiger partial charge in [0.25, 0.3) is 5.91 Å². The number of fused-ring (bicyclic) bond motifs is 1. The minimum atomic E-state index is -0.171. The van der Waals surface area contributed by atoms with Crippen molar-refractivity contribution < 1.29 is 4.79 Å². The quantitative estimate of drug-likeness (QED) is 0.373. The maximum atomic E-state index is 13.8. The van der Waals surface area contributed by atoms with E-state index in [9.17, 15) is 4.79 Å². The Balaban J connectivity index is 1.55. The van der Waals surface area contributed by atoms with Crippen LogP contribution in [-0.2, 0) is 0 Å². The zero-order chi connectivity index (χ0) is 26.1. The highest BCUT2D eigenvalue weighted by Gasteiger charge is 2.44. The van der Waals surface area contributed by atoms with Crippen molar-refractivity contribution in [3.05, 3.63) is 100 Å². The first-order valence-corrected chi connectivity index (χ1v) is 13.1. The number of anilines is 2. The molecular formula is C31H33ClN4O. The molecule has 37 heavy (non-hydrogen) atoms. The van der Waals surface area contributed by atoms with Crippen molar-refractivity contribution in [3.63, 3.8) is 0 Å². The van der Waals surface area contributed by atoms with Gasteiger partial charge in [-0.3, -0.25) is 4.79 Å². The molecule has 2 aliphatic rings. The molecule has 0 radical (unpaired) electrons. The lowest BCUT2D eigenvalue weighted by Crippen LogP contribution is -2.32. The molecule has 1 aliphatic heterocycles. The second-order valence-corrected chi connectivity index (χ2v) is 10.6. The van der Waals surface area contributed by atoms with Crippen LogP contribution < -0.4 is 9.80 Å². The zero-order valence-corrected chi connectivity index (χ0v) is 22.6. The fourth-order valence-corrected chi connectivity index (χ4v) is 5.52. The minimum Gasteiger partial charge on any atom is -0.378 e. The van der Waals surface area contributed by atoms with E-state index in [1.807, 2.05) is 40.3 Å². The molecule has 190 valence electrons. The molecule has 1 saturated carbocycles. The van der Waals surface area contributed by atoms with E-state index < -0.39 is 0 Å². The number of nitrogens with zero attached hydrogens (tertiary/aromatic N) is 4. The van der Waals surface area contributed by atoms with Gasteiger partial charge in [0.15, 0.2) is 0 Å². The van der Waals surface area contributed by atoms with Gasteiger partial charge in [-0.15, -0.1) is 0 Å². The Labute approximate surface area is 224 Å².